The van der Waals surface area contributed by atoms with Crippen LogP contribution in [-0.2, 0) is 17.8 Å². The Morgan fingerprint density at radius 1 is 1.50 bits per heavy atom. The topological polar surface area (TPSA) is 68.3 Å². The lowest BCUT2D eigenvalue weighted by atomic mass is 10.1. The fourth-order valence-corrected chi connectivity index (χ4v) is 2.33. The summed E-state index contributed by atoms with van der Waals surface area (Å²) in [5.41, 5.74) is 7.69. The molecule has 1 unspecified atom stereocenters. The highest BCUT2D eigenvalue weighted by molar-refractivity contribution is 5.57. The summed E-state index contributed by atoms with van der Waals surface area (Å²) < 4.78 is 1.80. The van der Waals surface area contributed by atoms with E-state index in [-0.39, 0.29) is 5.56 Å². The minimum Gasteiger partial charge on any atom is -0.377 e. The number of nitrogens with zero attached hydrogens (tertiary/aromatic N) is 2. The quantitative estimate of drug-likeness (QED) is 0.748. The Balaban J connectivity index is 2.24. The molecule has 0 bridgehead atoms. The molecule has 0 amide bonds. The van der Waals surface area contributed by atoms with Gasteiger partial charge in [0, 0.05) is 38.6 Å². The molecule has 1 atom stereocenters. The summed E-state index contributed by atoms with van der Waals surface area (Å²) in [6, 6.07) is 1.25. The number of carbonyl (C=O) groups excluding carboxylic acids is 1. The van der Waals surface area contributed by atoms with Crippen LogP contribution in [0.25, 0.3) is 0 Å². The zero-order valence-electron chi connectivity index (χ0n) is 12.2. The first kappa shape index (κ1) is 14.8. The summed E-state index contributed by atoms with van der Waals surface area (Å²) in [7, 11) is 3.84. The molecular weight excluding hydrogens is 254 g/mol. The summed E-state index contributed by atoms with van der Waals surface area (Å²) in [6.45, 7) is 0.805. The van der Waals surface area contributed by atoms with E-state index in [0.29, 0.717) is 18.8 Å². The van der Waals surface area contributed by atoms with E-state index >= 15 is 0 Å². The Hall–Kier alpha value is -1.62. The van der Waals surface area contributed by atoms with Crippen LogP contribution in [0.3, 0.4) is 0 Å². The summed E-state index contributed by atoms with van der Waals surface area (Å²) in [5, 5.41) is 0. The molecule has 1 aliphatic carbocycles. The fourth-order valence-electron chi connectivity index (χ4n) is 2.33. The van der Waals surface area contributed by atoms with Crippen molar-refractivity contribution in [3.63, 3.8) is 0 Å². The average Bonchev–Trinajstić information content (AvgIpc) is 3.22. The lowest BCUT2D eigenvalue weighted by molar-refractivity contribution is -0.109. The van der Waals surface area contributed by atoms with E-state index in [1.807, 2.05) is 25.2 Å². The maximum atomic E-state index is 12.1. The molecule has 1 saturated carbocycles. The third-order valence-electron chi connectivity index (χ3n) is 3.74. The molecule has 0 aliphatic heterocycles. The van der Waals surface area contributed by atoms with Gasteiger partial charge in [-0.3, -0.25) is 4.79 Å². The van der Waals surface area contributed by atoms with Crippen LogP contribution in [0.5, 0.6) is 0 Å². The van der Waals surface area contributed by atoms with Gasteiger partial charge in [0.1, 0.15) is 6.29 Å². The van der Waals surface area contributed by atoms with Crippen LogP contribution in [-0.4, -0.2) is 31.0 Å². The molecular formula is C15H23N3O2. The Morgan fingerprint density at radius 3 is 2.75 bits per heavy atom. The number of aldehydes is 1. The minimum absolute atomic E-state index is 0.0454. The molecule has 5 nitrogen and oxygen atoms in total. The molecule has 2 N–H and O–H groups in total. The molecule has 2 rings (SSSR count). The fraction of sp³-hybridized carbons (Fsp3) is 0.600. The molecule has 0 saturated heterocycles. The molecule has 5 heteroatoms. The SMILES string of the molecule is CN(C)c1cc(=O)n(CC2CC2)cc1CCC(N)C=O. The van der Waals surface area contributed by atoms with Crippen molar-refractivity contribution in [1.82, 2.24) is 4.57 Å². The van der Waals surface area contributed by atoms with E-state index in [1.165, 1.54) is 12.8 Å². The molecule has 1 heterocycles. The third-order valence-corrected chi connectivity index (χ3v) is 3.74. The minimum atomic E-state index is -0.436. The number of nitrogens with two attached hydrogens (primary N) is 1. The van der Waals surface area contributed by atoms with Gasteiger partial charge in [-0.15, -0.1) is 0 Å². The molecule has 1 aromatic heterocycles. The Bertz CT molecular complexity index is 532. The summed E-state index contributed by atoms with van der Waals surface area (Å²) in [5.74, 6) is 0.656. The monoisotopic (exact) mass is 277 g/mol. The van der Waals surface area contributed by atoms with Crippen LogP contribution in [0.1, 0.15) is 24.8 Å². The van der Waals surface area contributed by atoms with Crippen molar-refractivity contribution in [2.45, 2.75) is 38.3 Å². The van der Waals surface area contributed by atoms with Crippen molar-refractivity contribution >= 4 is 12.0 Å². The van der Waals surface area contributed by atoms with Crippen molar-refractivity contribution in [2.24, 2.45) is 11.7 Å². The third kappa shape index (κ3) is 3.70. The average molecular weight is 277 g/mol. The Labute approximate surface area is 119 Å². The first-order valence-electron chi connectivity index (χ1n) is 7.13. The Morgan fingerprint density at radius 2 is 2.20 bits per heavy atom. The molecule has 0 aromatic carbocycles. The van der Waals surface area contributed by atoms with Crippen molar-refractivity contribution in [3.8, 4) is 0 Å². The van der Waals surface area contributed by atoms with Gasteiger partial charge < -0.3 is 20.0 Å². The number of anilines is 1. The van der Waals surface area contributed by atoms with Crippen LogP contribution >= 0.6 is 0 Å². The molecule has 1 aromatic rings. The number of hydrogen-bond acceptors (Lipinski definition) is 4. The number of aryl methyl sites for hydroxylation is 1. The summed E-state index contributed by atoms with van der Waals surface area (Å²) >= 11 is 0. The molecule has 1 fully saturated rings. The zero-order valence-corrected chi connectivity index (χ0v) is 12.2. The standard InChI is InChI=1S/C15H23N3O2/c1-17(2)14-7-15(20)18(8-11-3-4-11)9-12(14)5-6-13(16)10-19/h7,9-11,13H,3-6,8,16H2,1-2H3. The van der Waals surface area contributed by atoms with Gasteiger partial charge >= 0.3 is 0 Å². The van der Waals surface area contributed by atoms with Gasteiger partial charge in [-0.1, -0.05) is 0 Å². The predicted octanol–water partition coefficient (Wildman–Crippen LogP) is 0.783. The maximum absolute atomic E-state index is 12.1. The van der Waals surface area contributed by atoms with E-state index in [1.54, 1.807) is 10.6 Å². The molecule has 20 heavy (non-hydrogen) atoms. The van der Waals surface area contributed by atoms with Crippen LogP contribution in [0.2, 0.25) is 0 Å². The van der Waals surface area contributed by atoms with Gasteiger partial charge in [-0.05, 0) is 37.2 Å². The zero-order chi connectivity index (χ0) is 14.7. The number of carbonyl (C=O) groups is 1. The smallest absolute Gasteiger partial charge is 0.252 e. The van der Waals surface area contributed by atoms with E-state index in [4.69, 9.17) is 5.73 Å². The van der Waals surface area contributed by atoms with Gasteiger partial charge in [-0.25, -0.2) is 0 Å². The highest BCUT2D eigenvalue weighted by atomic mass is 16.1. The highest BCUT2D eigenvalue weighted by Gasteiger charge is 2.22. The normalized spacial score (nSPS) is 15.9. The van der Waals surface area contributed by atoms with E-state index < -0.39 is 6.04 Å². The second-order valence-electron chi connectivity index (χ2n) is 5.85. The first-order chi connectivity index (χ1) is 9.51. The van der Waals surface area contributed by atoms with Gasteiger partial charge in [0.25, 0.3) is 5.56 Å². The maximum Gasteiger partial charge on any atom is 0.252 e. The van der Waals surface area contributed by atoms with Crippen molar-refractivity contribution in [3.05, 3.63) is 28.2 Å². The van der Waals surface area contributed by atoms with Crippen LogP contribution in [0, 0.1) is 5.92 Å². The largest absolute Gasteiger partial charge is 0.377 e. The number of rotatable bonds is 7. The van der Waals surface area contributed by atoms with Gasteiger partial charge in [0.05, 0.1) is 6.04 Å². The molecule has 0 radical (unpaired) electrons. The van der Waals surface area contributed by atoms with Crippen LogP contribution < -0.4 is 16.2 Å². The molecule has 1 aliphatic rings. The lowest BCUT2D eigenvalue weighted by Gasteiger charge is -2.19. The van der Waals surface area contributed by atoms with Gasteiger partial charge in [0.2, 0.25) is 0 Å². The van der Waals surface area contributed by atoms with Crippen LogP contribution in [0.15, 0.2) is 17.1 Å². The number of hydrogen-bond donors (Lipinski definition) is 1. The van der Waals surface area contributed by atoms with E-state index in [9.17, 15) is 9.59 Å². The van der Waals surface area contributed by atoms with Crippen LogP contribution in [0.4, 0.5) is 5.69 Å². The second kappa shape index (κ2) is 6.22. The summed E-state index contributed by atoms with van der Waals surface area (Å²) in [4.78, 5) is 24.7. The molecule has 110 valence electrons. The second-order valence-corrected chi connectivity index (χ2v) is 5.85. The van der Waals surface area contributed by atoms with Gasteiger partial charge in [0.15, 0.2) is 0 Å². The van der Waals surface area contributed by atoms with E-state index in [0.717, 1.165) is 24.1 Å². The molecule has 0 spiro atoms. The Kier molecular flexibility index (Phi) is 4.60. The highest BCUT2D eigenvalue weighted by Crippen LogP contribution is 2.30. The van der Waals surface area contributed by atoms with Crippen molar-refractivity contribution in [2.75, 3.05) is 19.0 Å². The summed E-state index contributed by atoms with van der Waals surface area (Å²) in [6.07, 6.45) is 6.45. The van der Waals surface area contributed by atoms with Crippen molar-refractivity contribution in [1.29, 1.82) is 0 Å². The first-order valence-corrected chi connectivity index (χ1v) is 7.13. The van der Waals surface area contributed by atoms with Gasteiger partial charge in [-0.2, -0.15) is 0 Å². The number of pyridine rings is 1. The van der Waals surface area contributed by atoms with Crippen molar-refractivity contribution < 1.29 is 4.79 Å². The number of aromatic nitrogens is 1. The lowest BCUT2D eigenvalue weighted by Crippen LogP contribution is -2.26. The predicted molar refractivity (Wildman–Crippen MR) is 80.1 cm³/mol. The van der Waals surface area contributed by atoms with E-state index in [2.05, 4.69) is 0 Å².